The topological polar surface area (TPSA) is 65.1 Å². The van der Waals surface area contributed by atoms with Gasteiger partial charge in [0.05, 0.1) is 17.1 Å². The van der Waals surface area contributed by atoms with Gasteiger partial charge in [-0.2, -0.15) is 0 Å². The van der Waals surface area contributed by atoms with E-state index < -0.39 is 30.1 Å². The van der Waals surface area contributed by atoms with Crippen LogP contribution < -0.4 is 14.4 Å². The van der Waals surface area contributed by atoms with Gasteiger partial charge in [-0.3, -0.25) is 4.79 Å². The minimum atomic E-state index is -1.25. The Bertz CT molecular complexity index is 1160. The molecule has 1 aliphatic heterocycles. The number of hydrogen-bond acceptors (Lipinski definition) is 6. The Labute approximate surface area is 190 Å². The predicted molar refractivity (Wildman–Crippen MR) is 115 cm³/mol. The molecule has 0 radical (unpaired) electrons. The number of anilines is 1. The Morgan fingerprint density at radius 2 is 1.81 bits per heavy atom. The monoisotopic (exact) mass is 479 g/mol. The smallest absolute Gasteiger partial charge is 0.340 e. The molecule has 1 aromatic heterocycles. The second-order valence-corrected chi connectivity index (χ2v) is 8.15. The molecule has 2 aromatic carbocycles. The van der Waals surface area contributed by atoms with E-state index in [1.165, 1.54) is 16.2 Å². The number of esters is 1. The van der Waals surface area contributed by atoms with Crippen LogP contribution >= 0.6 is 22.9 Å². The molecule has 0 saturated carbocycles. The highest BCUT2D eigenvalue weighted by Gasteiger charge is 2.23. The number of ether oxygens (including phenoxy) is 3. The van der Waals surface area contributed by atoms with Gasteiger partial charge in [0.2, 0.25) is 0 Å². The second kappa shape index (κ2) is 9.54. The number of halogens is 3. The third kappa shape index (κ3) is 4.84. The van der Waals surface area contributed by atoms with Gasteiger partial charge in [0.15, 0.2) is 29.7 Å². The molecule has 0 atom stereocenters. The number of carbonyl (C=O) groups is 2. The minimum Gasteiger partial charge on any atom is -0.486 e. The first kappa shape index (κ1) is 22.0. The fourth-order valence-electron chi connectivity index (χ4n) is 3.04. The molecule has 10 heteroatoms. The van der Waals surface area contributed by atoms with E-state index in [9.17, 15) is 18.4 Å². The lowest BCUT2D eigenvalue weighted by molar-refractivity contribution is -0.121. The van der Waals surface area contributed by atoms with Crippen LogP contribution in [0.3, 0.4) is 0 Å². The molecule has 3 aromatic rings. The maximum absolute atomic E-state index is 13.5. The molecule has 1 aliphatic rings. The average Bonchev–Trinajstić information content (AvgIpc) is 3.31. The molecule has 1 amide bonds. The quantitative estimate of drug-likeness (QED) is 0.374. The molecule has 0 saturated heterocycles. The number of amides is 1. The zero-order valence-electron chi connectivity index (χ0n) is 16.5. The number of hydrogen-bond donors (Lipinski definition) is 0. The Balaban J connectivity index is 1.53. The highest BCUT2D eigenvalue weighted by Crippen LogP contribution is 2.35. The number of carbonyl (C=O) groups excluding carboxylic acids is 2. The Hall–Kier alpha value is -3.17. The maximum Gasteiger partial charge on any atom is 0.340 e. The minimum absolute atomic E-state index is 0.236. The number of thiophene rings is 1. The van der Waals surface area contributed by atoms with Crippen molar-refractivity contribution in [2.24, 2.45) is 0 Å². The third-order valence-electron chi connectivity index (χ3n) is 4.59. The van der Waals surface area contributed by atoms with E-state index in [0.29, 0.717) is 42.5 Å². The van der Waals surface area contributed by atoms with Gasteiger partial charge < -0.3 is 19.1 Å². The van der Waals surface area contributed by atoms with E-state index in [0.717, 1.165) is 4.88 Å². The molecule has 32 heavy (non-hydrogen) atoms. The summed E-state index contributed by atoms with van der Waals surface area (Å²) >= 11 is 7.27. The van der Waals surface area contributed by atoms with Crippen LogP contribution in [0.2, 0.25) is 5.02 Å². The van der Waals surface area contributed by atoms with Crippen molar-refractivity contribution in [2.75, 3.05) is 24.7 Å². The summed E-state index contributed by atoms with van der Waals surface area (Å²) in [5.74, 6) is -2.93. The summed E-state index contributed by atoms with van der Waals surface area (Å²) in [6.45, 7) is 0.433. The van der Waals surface area contributed by atoms with Gasteiger partial charge in [0.25, 0.3) is 5.91 Å². The zero-order chi connectivity index (χ0) is 22.7. The van der Waals surface area contributed by atoms with Gasteiger partial charge in [0, 0.05) is 16.6 Å². The van der Waals surface area contributed by atoms with E-state index in [1.54, 1.807) is 18.2 Å². The van der Waals surface area contributed by atoms with Gasteiger partial charge in [-0.25, -0.2) is 13.6 Å². The molecule has 0 bridgehead atoms. The van der Waals surface area contributed by atoms with Crippen LogP contribution in [0.15, 0.2) is 47.8 Å². The summed E-state index contributed by atoms with van der Waals surface area (Å²) in [4.78, 5) is 27.6. The lowest BCUT2D eigenvalue weighted by Gasteiger charge is -2.25. The maximum atomic E-state index is 13.5. The highest BCUT2D eigenvalue weighted by atomic mass is 35.5. The van der Waals surface area contributed by atoms with Crippen LogP contribution in [0.25, 0.3) is 0 Å². The molecular weight excluding hydrogens is 464 g/mol. The van der Waals surface area contributed by atoms with Crippen molar-refractivity contribution in [3.05, 3.63) is 74.9 Å². The van der Waals surface area contributed by atoms with Gasteiger partial charge in [0.1, 0.15) is 13.2 Å². The number of rotatable bonds is 6. The van der Waals surface area contributed by atoms with Gasteiger partial charge in [-0.05, 0) is 35.7 Å². The number of nitrogens with zero attached hydrogens (tertiary/aromatic N) is 1. The van der Waals surface area contributed by atoms with Crippen LogP contribution in [0.4, 0.5) is 14.5 Å². The highest BCUT2D eigenvalue weighted by molar-refractivity contribution is 7.09. The largest absolute Gasteiger partial charge is 0.486 e. The van der Waals surface area contributed by atoms with Crippen LogP contribution in [0.5, 0.6) is 11.5 Å². The van der Waals surface area contributed by atoms with Crippen molar-refractivity contribution in [2.45, 2.75) is 6.54 Å². The van der Waals surface area contributed by atoms with Crippen molar-refractivity contribution in [1.29, 1.82) is 0 Å². The molecule has 0 fully saturated rings. The van der Waals surface area contributed by atoms with Crippen LogP contribution in [-0.4, -0.2) is 31.7 Å². The molecule has 6 nitrogen and oxygen atoms in total. The molecule has 2 heterocycles. The van der Waals surface area contributed by atoms with E-state index in [4.69, 9.17) is 25.8 Å². The number of benzene rings is 2. The van der Waals surface area contributed by atoms with E-state index in [2.05, 4.69) is 0 Å². The molecule has 0 spiro atoms. The molecule has 4 rings (SSSR count). The van der Waals surface area contributed by atoms with Gasteiger partial charge >= 0.3 is 5.97 Å². The fraction of sp³-hybridized carbons (Fsp3) is 0.182. The summed E-state index contributed by atoms with van der Waals surface area (Å²) in [6, 6.07) is 10.1. The summed E-state index contributed by atoms with van der Waals surface area (Å²) in [5, 5.41) is 1.57. The van der Waals surface area contributed by atoms with Crippen molar-refractivity contribution in [3.8, 4) is 11.5 Å². The zero-order valence-corrected chi connectivity index (χ0v) is 18.1. The Morgan fingerprint density at radius 1 is 1.06 bits per heavy atom. The molecule has 0 aliphatic carbocycles. The molecule has 0 unspecified atom stereocenters. The van der Waals surface area contributed by atoms with Crippen molar-refractivity contribution >= 4 is 40.5 Å². The van der Waals surface area contributed by atoms with Crippen molar-refractivity contribution in [1.82, 2.24) is 0 Å². The third-order valence-corrected chi connectivity index (χ3v) is 5.76. The summed E-state index contributed by atoms with van der Waals surface area (Å²) in [7, 11) is 0. The van der Waals surface area contributed by atoms with Gasteiger partial charge in [-0.15, -0.1) is 11.3 Å². The van der Waals surface area contributed by atoms with Gasteiger partial charge in [-0.1, -0.05) is 17.7 Å². The van der Waals surface area contributed by atoms with E-state index in [1.807, 2.05) is 17.5 Å². The van der Waals surface area contributed by atoms with Crippen molar-refractivity contribution in [3.63, 3.8) is 0 Å². The fourth-order valence-corrected chi connectivity index (χ4v) is 3.96. The summed E-state index contributed by atoms with van der Waals surface area (Å²) < 4.78 is 42.9. The van der Waals surface area contributed by atoms with Crippen LogP contribution in [0.1, 0.15) is 15.2 Å². The normalized spacial score (nSPS) is 12.3. The Morgan fingerprint density at radius 3 is 2.56 bits per heavy atom. The molecule has 0 N–H and O–H groups in total. The predicted octanol–water partition coefficient (Wildman–Crippen LogP) is 4.84. The summed E-state index contributed by atoms with van der Waals surface area (Å²) in [6.07, 6.45) is 0. The van der Waals surface area contributed by atoms with Crippen molar-refractivity contribution < 1.29 is 32.6 Å². The molecular formula is C22H16ClF2NO5S. The lowest BCUT2D eigenvalue weighted by atomic mass is 10.2. The van der Waals surface area contributed by atoms with Crippen LogP contribution in [-0.2, 0) is 16.1 Å². The van der Waals surface area contributed by atoms with E-state index in [-0.39, 0.29) is 17.1 Å². The van der Waals surface area contributed by atoms with E-state index >= 15 is 0 Å². The first-order valence-corrected chi connectivity index (χ1v) is 10.7. The molecule has 166 valence electrons. The first-order valence-electron chi connectivity index (χ1n) is 9.46. The second-order valence-electron chi connectivity index (χ2n) is 6.71. The average molecular weight is 480 g/mol. The Kier molecular flexibility index (Phi) is 6.57. The first-order chi connectivity index (χ1) is 15.4. The van der Waals surface area contributed by atoms with Crippen LogP contribution in [0, 0.1) is 11.6 Å². The SMILES string of the molecule is O=C(OCC(=O)N(Cc1cccs1)c1ccc2c(c1)OCCO2)c1cc(F)c(F)cc1Cl. The summed E-state index contributed by atoms with van der Waals surface area (Å²) in [5.41, 5.74) is 0.150. The lowest BCUT2D eigenvalue weighted by Crippen LogP contribution is -2.34. The standard InChI is InChI=1S/C22H16ClF2NO5S/c23-16-10-18(25)17(24)9-15(16)22(28)31-12-21(27)26(11-14-2-1-7-32-14)13-3-4-19-20(8-13)30-6-5-29-19/h1-4,7-10H,5-6,11-12H2. The number of fused-ring (bicyclic) bond motifs is 1.